The summed E-state index contributed by atoms with van der Waals surface area (Å²) >= 11 is 0. The molecule has 0 aliphatic carbocycles. The van der Waals surface area contributed by atoms with Crippen LogP contribution in [-0.2, 0) is 32.0 Å². The zero-order chi connectivity index (χ0) is 26.4. The molecule has 0 spiro atoms. The zero-order valence-corrected chi connectivity index (χ0v) is 20.4. The molecule has 10 nitrogen and oxygen atoms in total. The number of likely N-dealkylation sites (tertiary alicyclic amines) is 1. The van der Waals surface area contributed by atoms with Crippen molar-refractivity contribution in [2.75, 3.05) is 13.1 Å². The summed E-state index contributed by atoms with van der Waals surface area (Å²) in [6.45, 7) is -0.0241. The van der Waals surface area contributed by atoms with Gasteiger partial charge in [-0.3, -0.25) is 14.4 Å². The van der Waals surface area contributed by atoms with Crippen LogP contribution < -0.4 is 16.4 Å². The number of para-hydroxylation sites is 1. The minimum atomic E-state index is -1.06. The summed E-state index contributed by atoms with van der Waals surface area (Å²) in [5, 5.41) is 15.6. The number of hydrogen-bond donors (Lipinski definition) is 5. The number of amides is 3. The summed E-state index contributed by atoms with van der Waals surface area (Å²) < 4.78 is 0. The van der Waals surface area contributed by atoms with E-state index in [9.17, 15) is 24.3 Å². The fourth-order valence-electron chi connectivity index (χ4n) is 4.68. The van der Waals surface area contributed by atoms with Crippen LogP contribution in [0.1, 0.15) is 24.0 Å². The van der Waals surface area contributed by atoms with Crippen LogP contribution in [0, 0.1) is 0 Å². The number of nitrogens with two attached hydrogens (primary N) is 1. The smallest absolute Gasteiger partial charge is 0.326 e. The Morgan fingerprint density at radius 3 is 2.51 bits per heavy atom. The lowest BCUT2D eigenvalue weighted by atomic mass is 10.0. The second kappa shape index (κ2) is 11.7. The Labute approximate surface area is 214 Å². The average Bonchev–Trinajstić information content (AvgIpc) is 3.55. The van der Waals surface area contributed by atoms with Crippen molar-refractivity contribution in [3.8, 4) is 0 Å². The first-order chi connectivity index (χ1) is 17.8. The molecule has 1 saturated heterocycles. The number of H-pyrrole nitrogens is 1. The molecule has 2 heterocycles. The van der Waals surface area contributed by atoms with Crippen molar-refractivity contribution in [1.29, 1.82) is 0 Å². The third-order valence-corrected chi connectivity index (χ3v) is 6.64. The Balaban J connectivity index is 1.41. The Hall–Kier alpha value is -4.18. The average molecular weight is 506 g/mol. The predicted octanol–water partition coefficient (Wildman–Crippen LogP) is 0.957. The molecule has 2 aromatic carbocycles. The summed E-state index contributed by atoms with van der Waals surface area (Å²) in [4.78, 5) is 54.5. The molecule has 0 saturated carbocycles. The molecule has 3 amide bonds. The van der Waals surface area contributed by atoms with Crippen LogP contribution in [-0.4, -0.2) is 69.9 Å². The standard InChI is InChI=1S/C27H31N5O5/c28-20(14-18-15-29-21-10-5-4-9-19(18)21)25(34)31-22(13-17-7-2-1-3-8-17)26(35)30-16-24(33)32-12-6-11-23(32)27(36)37/h1-5,7-10,15,20,22-23,29H,6,11-14,16,28H2,(H,30,35)(H,31,34)(H,36,37). The molecule has 10 heteroatoms. The summed E-state index contributed by atoms with van der Waals surface area (Å²) in [6, 6.07) is 14.2. The van der Waals surface area contributed by atoms with E-state index in [1.807, 2.05) is 60.8 Å². The molecule has 3 unspecified atom stereocenters. The summed E-state index contributed by atoms with van der Waals surface area (Å²) in [7, 11) is 0. The highest BCUT2D eigenvalue weighted by Gasteiger charge is 2.34. The maximum atomic E-state index is 13.1. The number of nitrogens with one attached hydrogen (secondary N) is 3. The largest absolute Gasteiger partial charge is 0.480 e. The van der Waals surface area contributed by atoms with Crippen molar-refractivity contribution < 1.29 is 24.3 Å². The van der Waals surface area contributed by atoms with Crippen LogP contribution in [0.3, 0.4) is 0 Å². The maximum absolute atomic E-state index is 13.1. The normalized spacial score (nSPS) is 16.8. The van der Waals surface area contributed by atoms with Crippen molar-refractivity contribution in [3.05, 3.63) is 71.9 Å². The second-order valence-electron chi connectivity index (χ2n) is 9.22. The number of aliphatic carboxylic acids is 1. The van der Waals surface area contributed by atoms with Crippen molar-refractivity contribution in [2.24, 2.45) is 5.73 Å². The van der Waals surface area contributed by atoms with Gasteiger partial charge in [-0.05, 0) is 36.5 Å². The summed E-state index contributed by atoms with van der Waals surface area (Å²) in [5.74, 6) is -2.57. The van der Waals surface area contributed by atoms with Crippen molar-refractivity contribution in [2.45, 2.75) is 43.8 Å². The van der Waals surface area contributed by atoms with Gasteiger partial charge >= 0.3 is 5.97 Å². The van der Waals surface area contributed by atoms with Crippen molar-refractivity contribution in [3.63, 3.8) is 0 Å². The monoisotopic (exact) mass is 505 g/mol. The van der Waals surface area contributed by atoms with E-state index in [4.69, 9.17) is 5.73 Å². The second-order valence-corrected chi connectivity index (χ2v) is 9.22. The van der Waals surface area contributed by atoms with Gasteiger partial charge in [-0.15, -0.1) is 0 Å². The summed E-state index contributed by atoms with van der Waals surface area (Å²) in [6.07, 6.45) is 3.28. The highest BCUT2D eigenvalue weighted by atomic mass is 16.4. The van der Waals surface area contributed by atoms with Gasteiger partial charge < -0.3 is 31.4 Å². The topological polar surface area (TPSA) is 158 Å². The molecule has 1 aliphatic heterocycles. The molecule has 0 radical (unpaired) electrons. The molecule has 4 rings (SSSR count). The van der Waals surface area contributed by atoms with Gasteiger partial charge in [0.25, 0.3) is 0 Å². The lowest BCUT2D eigenvalue weighted by Crippen LogP contribution is -2.54. The van der Waals surface area contributed by atoms with E-state index in [-0.39, 0.29) is 19.4 Å². The molecule has 194 valence electrons. The highest BCUT2D eigenvalue weighted by molar-refractivity contribution is 5.93. The van der Waals surface area contributed by atoms with Gasteiger partial charge in [-0.2, -0.15) is 0 Å². The number of carboxylic acid groups (broad SMARTS) is 1. The van der Waals surface area contributed by atoms with E-state index in [1.165, 1.54) is 4.90 Å². The SMILES string of the molecule is NC(Cc1c[nH]c2ccccc12)C(=O)NC(Cc1ccccc1)C(=O)NCC(=O)N1CCCC1C(=O)O. The maximum Gasteiger partial charge on any atom is 0.326 e. The number of carbonyl (C=O) groups excluding carboxylic acids is 3. The molecular weight excluding hydrogens is 474 g/mol. The van der Waals surface area contributed by atoms with E-state index in [0.717, 1.165) is 22.0 Å². The highest BCUT2D eigenvalue weighted by Crippen LogP contribution is 2.19. The van der Waals surface area contributed by atoms with Gasteiger partial charge in [0.1, 0.15) is 12.1 Å². The quantitative estimate of drug-likeness (QED) is 0.276. The van der Waals surface area contributed by atoms with E-state index >= 15 is 0 Å². The van der Waals surface area contributed by atoms with Crippen LogP contribution in [0.5, 0.6) is 0 Å². The first-order valence-corrected chi connectivity index (χ1v) is 12.3. The fourth-order valence-corrected chi connectivity index (χ4v) is 4.68. The lowest BCUT2D eigenvalue weighted by molar-refractivity contribution is -0.148. The number of carbonyl (C=O) groups is 4. The molecule has 3 atom stereocenters. The van der Waals surface area contributed by atoms with Crippen LogP contribution >= 0.6 is 0 Å². The molecule has 1 aromatic heterocycles. The minimum absolute atomic E-state index is 0.202. The van der Waals surface area contributed by atoms with Crippen LogP contribution in [0.25, 0.3) is 10.9 Å². The number of aromatic amines is 1. The number of carboxylic acids is 1. The van der Waals surface area contributed by atoms with E-state index < -0.39 is 41.8 Å². The molecule has 3 aromatic rings. The number of benzene rings is 2. The van der Waals surface area contributed by atoms with Gasteiger partial charge in [-0.25, -0.2) is 4.79 Å². The van der Waals surface area contributed by atoms with E-state index in [0.29, 0.717) is 19.4 Å². The van der Waals surface area contributed by atoms with Gasteiger partial charge in [0.15, 0.2) is 0 Å². The number of aromatic nitrogens is 1. The predicted molar refractivity (Wildman–Crippen MR) is 137 cm³/mol. The first kappa shape index (κ1) is 25.9. The van der Waals surface area contributed by atoms with E-state index in [1.54, 1.807) is 0 Å². The van der Waals surface area contributed by atoms with Gasteiger partial charge in [0.05, 0.1) is 12.6 Å². The van der Waals surface area contributed by atoms with Crippen LogP contribution in [0.15, 0.2) is 60.8 Å². The van der Waals surface area contributed by atoms with Gasteiger partial charge in [-0.1, -0.05) is 48.5 Å². The number of hydrogen-bond acceptors (Lipinski definition) is 5. The molecule has 37 heavy (non-hydrogen) atoms. The van der Waals surface area contributed by atoms with Crippen LogP contribution in [0.2, 0.25) is 0 Å². The van der Waals surface area contributed by atoms with Crippen molar-refractivity contribution >= 4 is 34.6 Å². The summed E-state index contributed by atoms with van der Waals surface area (Å²) in [5.41, 5.74) is 8.88. The zero-order valence-electron chi connectivity index (χ0n) is 20.4. The molecule has 1 fully saturated rings. The molecule has 0 bridgehead atoms. The molecular formula is C27H31N5O5. The van der Waals surface area contributed by atoms with Crippen LogP contribution in [0.4, 0.5) is 0 Å². The number of fused-ring (bicyclic) bond motifs is 1. The van der Waals surface area contributed by atoms with Crippen molar-refractivity contribution in [1.82, 2.24) is 20.5 Å². The minimum Gasteiger partial charge on any atom is -0.480 e. The molecule has 6 N–H and O–H groups in total. The van der Waals surface area contributed by atoms with Gasteiger partial charge in [0, 0.05) is 30.1 Å². The number of nitrogens with zero attached hydrogens (tertiary/aromatic N) is 1. The lowest BCUT2D eigenvalue weighted by Gasteiger charge is -2.23. The Morgan fingerprint density at radius 2 is 1.76 bits per heavy atom. The van der Waals surface area contributed by atoms with Gasteiger partial charge in [0.2, 0.25) is 17.7 Å². The molecule has 1 aliphatic rings. The Morgan fingerprint density at radius 1 is 1.03 bits per heavy atom. The fraction of sp³-hybridized carbons (Fsp3) is 0.333. The Bertz CT molecular complexity index is 1270. The number of rotatable bonds is 10. The van der Waals surface area contributed by atoms with E-state index in [2.05, 4.69) is 15.6 Å². The first-order valence-electron chi connectivity index (χ1n) is 12.3. The third-order valence-electron chi connectivity index (χ3n) is 6.64. The Kier molecular flexibility index (Phi) is 8.19. The third kappa shape index (κ3) is 6.34.